The maximum absolute atomic E-state index is 11.8. The topological polar surface area (TPSA) is 58.4 Å². The fraction of sp³-hybridized carbons (Fsp3) is 0.500. The highest BCUT2D eigenvalue weighted by Crippen LogP contribution is 2.13. The van der Waals surface area contributed by atoms with Gasteiger partial charge in [-0.1, -0.05) is 6.92 Å². The molecule has 0 aliphatic carbocycles. The molecule has 0 unspecified atom stereocenters. The number of hydrogen-bond acceptors (Lipinski definition) is 3. The molecule has 0 saturated carbocycles. The van der Waals surface area contributed by atoms with E-state index in [1.807, 2.05) is 24.3 Å². The summed E-state index contributed by atoms with van der Waals surface area (Å²) in [4.78, 5) is 13.9. The normalized spacial score (nSPS) is 9.15. The van der Waals surface area contributed by atoms with Gasteiger partial charge in [-0.15, -0.1) is 24.8 Å². The summed E-state index contributed by atoms with van der Waals surface area (Å²) >= 11 is 0. The smallest absolute Gasteiger partial charge is 0.251 e. The Morgan fingerprint density at radius 2 is 1.85 bits per heavy atom. The van der Waals surface area contributed by atoms with Crippen LogP contribution >= 0.6 is 24.8 Å². The monoisotopic (exact) mass is 321 g/mol. The zero-order valence-corrected chi connectivity index (χ0v) is 13.7. The number of halogens is 2. The van der Waals surface area contributed by atoms with E-state index >= 15 is 0 Å². The van der Waals surface area contributed by atoms with Gasteiger partial charge in [0.2, 0.25) is 0 Å². The van der Waals surface area contributed by atoms with Crippen LogP contribution in [0.1, 0.15) is 30.1 Å². The number of nitrogens with two attached hydrogens (primary N) is 1. The number of benzene rings is 1. The van der Waals surface area contributed by atoms with Gasteiger partial charge in [0, 0.05) is 31.4 Å². The Bertz CT molecular complexity index is 371. The molecule has 0 aromatic heterocycles. The fourth-order valence-corrected chi connectivity index (χ4v) is 1.74. The maximum atomic E-state index is 11.8. The molecule has 0 aliphatic heterocycles. The highest BCUT2D eigenvalue weighted by molar-refractivity contribution is 5.94. The third-order valence-corrected chi connectivity index (χ3v) is 2.80. The van der Waals surface area contributed by atoms with Gasteiger partial charge in [0.1, 0.15) is 0 Å². The molecule has 0 aliphatic rings. The minimum absolute atomic E-state index is 0. The quantitative estimate of drug-likeness (QED) is 0.758. The van der Waals surface area contributed by atoms with Gasteiger partial charge >= 0.3 is 0 Å². The van der Waals surface area contributed by atoms with Gasteiger partial charge < -0.3 is 16.0 Å². The molecule has 1 aromatic rings. The Morgan fingerprint density at radius 1 is 1.25 bits per heavy atom. The number of rotatable bonds is 7. The summed E-state index contributed by atoms with van der Waals surface area (Å²) in [6.07, 6.45) is 1.92. The molecule has 6 heteroatoms. The molecule has 3 N–H and O–H groups in total. The number of carbonyl (C=O) groups is 1. The zero-order valence-electron chi connectivity index (χ0n) is 12.1. The first-order valence-corrected chi connectivity index (χ1v) is 6.48. The molecule has 116 valence electrons. The summed E-state index contributed by atoms with van der Waals surface area (Å²) in [5.74, 6) is -0.0341. The number of amides is 1. The number of nitrogens with one attached hydrogen (secondary N) is 1. The second-order valence-electron chi connectivity index (χ2n) is 4.37. The maximum Gasteiger partial charge on any atom is 0.251 e. The lowest BCUT2D eigenvalue weighted by Gasteiger charge is -2.18. The van der Waals surface area contributed by atoms with Gasteiger partial charge in [-0.25, -0.2) is 0 Å². The molecule has 0 radical (unpaired) electrons. The van der Waals surface area contributed by atoms with Crippen LogP contribution in [0, 0.1) is 0 Å². The third kappa shape index (κ3) is 6.98. The van der Waals surface area contributed by atoms with Gasteiger partial charge in [-0.2, -0.15) is 0 Å². The number of carbonyl (C=O) groups excluding carboxylic acids is 1. The Kier molecular flexibility index (Phi) is 12.6. The highest BCUT2D eigenvalue weighted by atomic mass is 35.5. The molecular formula is C14H25Cl2N3O. The average molecular weight is 322 g/mol. The van der Waals surface area contributed by atoms with E-state index in [0.29, 0.717) is 18.7 Å². The first kappa shape index (κ1) is 21.3. The lowest BCUT2D eigenvalue weighted by molar-refractivity contribution is 0.0953. The molecular weight excluding hydrogens is 297 g/mol. The van der Waals surface area contributed by atoms with Crippen molar-refractivity contribution in [1.82, 2.24) is 5.32 Å². The van der Waals surface area contributed by atoms with Crippen molar-refractivity contribution in [3.8, 4) is 0 Å². The van der Waals surface area contributed by atoms with Gasteiger partial charge in [-0.05, 0) is 43.7 Å². The van der Waals surface area contributed by atoms with Crippen molar-refractivity contribution in [1.29, 1.82) is 0 Å². The molecule has 0 spiro atoms. The van der Waals surface area contributed by atoms with E-state index < -0.39 is 0 Å². The Hall–Kier alpha value is -0.970. The first-order valence-electron chi connectivity index (χ1n) is 6.48. The van der Waals surface area contributed by atoms with Crippen LogP contribution in [0.15, 0.2) is 24.3 Å². The molecule has 0 fully saturated rings. The molecule has 0 bridgehead atoms. The van der Waals surface area contributed by atoms with Crippen LogP contribution in [-0.2, 0) is 0 Å². The summed E-state index contributed by atoms with van der Waals surface area (Å²) in [5.41, 5.74) is 7.21. The number of hydrogen-bond donors (Lipinski definition) is 2. The number of nitrogens with zero attached hydrogens (tertiary/aromatic N) is 1. The molecule has 1 rings (SSSR count). The van der Waals surface area contributed by atoms with E-state index in [-0.39, 0.29) is 30.7 Å². The van der Waals surface area contributed by atoms with Gasteiger partial charge in [0.25, 0.3) is 5.91 Å². The van der Waals surface area contributed by atoms with E-state index in [0.717, 1.165) is 25.1 Å². The average Bonchev–Trinajstić information content (AvgIpc) is 2.39. The molecule has 0 atom stereocenters. The summed E-state index contributed by atoms with van der Waals surface area (Å²) in [5, 5.41) is 2.84. The first-order chi connectivity index (χ1) is 8.69. The lowest BCUT2D eigenvalue weighted by atomic mass is 10.2. The van der Waals surface area contributed by atoms with Crippen molar-refractivity contribution in [3.05, 3.63) is 29.8 Å². The predicted octanol–water partition coefficient (Wildman–Crippen LogP) is 2.46. The van der Waals surface area contributed by atoms with Crippen molar-refractivity contribution in [2.75, 3.05) is 31.6 Å². The minimum atomic E-state index is -0.0341. The second-order valence-corrected chi connectivity index (χ2v) is 4.37. The lowest BCUT2D eigenvalue weighted by Crippen LogP contribution is -2.26. The summed E-state index contributed by atoms with van der Waals surface area (Å²) < 4.78 is 0. The minimum Gasteiger partial charge on any atom is -0.375 e. The van der Waals surface area contributed by atoms with Crippen molar-refractivity contribution in [2.45, 2.75) is 19.8 Å². The largest absolute Gasteiger partial charge is 0.375 e. The van der Waals surface area contributed by atoms with Crippen molar-refractivity contribution in [2.24, 2.45) is 5.73 Å². The molecule has 20 heavy (non-hydrogen) atoms. The Labute approximate surface area is 133 Å². The van der Waals surface area contributed by atoms with E-state index in [2.05, 4.69) is 24.2 Å². The molecule has 1 amide bonds. The van der Waals surface area contributed by atoms with Crippen molar-refractivity contribution >= 4 is 36.4 Å². The van der Waals surface area contributed by atoms with E-state index in [1.165, 1.54) is 0 Å². The Balaban J connectivity index is 0. The van der Waals surface area contributed by atoms with E-state index in [4.69, 9.17) is 5.73 Å². The van der Waals surface area contributed by atoms with Gasteiger partial charge in [0.15, 0.2) is 0 Å². The fourth-order valence-electron chi connectivity index (χ4n) is 1.74. The Morgan fingerprint density at radius 3 is 2.35 bits per heavy atom. The van der Waals surface area contributed by atoms with Crippen LogP contribution in [0.2, 0.25) is 0 Å². The highest BCUT2D eigenvalue weighted by Gasteiger charge is 2.05. The standard InChI is InChI=1S/C14H23N3O.2ClH/c1-3-11-17(2)13-7-5-12(6-8-13)14(18)16-10-4-9-15;;/h5-8H,3-4,9-11,15H2,1-2H3,(H,16,18);2*1H. The van der Waals surface area contributed by atoms with Crippen LogP contribution in [-0.4, -0.2) is 32.6 Å². The van der Waals surface area contributed by atoms with Crippen LogP contribution in [0.3, 0.4) is 0 Å². The van der Waals surface area contributed by atoms with Crippen LogP contribution in [0.25, 0.3) is 0 Å². The molecule has 0 saturated heterocycles. The SMILES string of the molecule is CCCN(C)c1ccc(C(=O)NCCCN)cc1.Cl.Cl. The van der Waals surface area contributed by atoms with Crippen LogP contribution in [0.4, 0.5) is 5.69 Å². The van der Waals surface area contributed by atoms with Gasteiger partial charge in [0.05, 0.1) is 0 Å². The second kappa shape index (κ2) is 11.8. The zero-order chi connectivity index (χ0) is 13.4. The molecule has 0 heterocycles. The van der Waals surface area contributed by atoms with Crippen molar-refractivity contribution in [3.63, 3.8) is 0 Å². The van der Waals surface area contributed by atoms with Gasteiger partial charge in [-0.3, -0.25) is 4.79 Å². The predicted molar refractivity (Wildman–Crippen MR) is 90.5 cm³/mol. The summed E-state index contributed by atoms with van der Waals surface area (Å²) in [6, 6.07) is 7.68. The summed E-state index contributed by atoms with van der Waals surface area (Å²) in [7, 11) is 2.06. The number of anilines is 1. The third-order valence-electron chi connectivity index (χ3n) is 2.80. The molecule has 4 nitrogen and oxygen atoms in total. The van der Waals surface area contributed by atoms with Crippen LogP contribution < -0.4 is 16.0 Å². The van der Waals surface area contributed by atoms with E-state index in [1.54, 1.807) is 0 Å². The summed E-state index contributed by atoms with van der Waals surface area (Å²) in [6.45, 7) is 4.39. The molecule has 1 aromatic carbocycles. The van der Waals surface area contributed by atoms with Crippen molar-refractivity contribution < 1.29 is 4.79 Å². The van der Waals surface area contributed by atoms with E-state index in [9.17, 15) is 4.79 Å². The van der Waals surface area contributed by atoms with Crippen LogP contribution in [0.5, 0.6) is 0 Å².